The van der Waals surface area contributed by atoms with Gasteiger partial charge in [-0.1, -0.05) is 6.92 Å². The van der Waals surface area contributed by atoms with Gasteiger partial charge in [0.15, 0.2) is 12.4 Å². The van der Waals surface area contributed by atoms with Gasteiger partial charge in [0.25, 0.3) is 5.91 Å². The molecule has 152 valence electrons. The number of ether oxygens (including phenoxy) is 2. The third kappa shape index (κ3) is 3.87. The van der Waals surface area contributed by atoms with Crippen LogP contribution in [0.5, 0.6) is 5.75 Å². The molecule has 9 heteroatoms. The summed E-state index contributed by atoms with van der Waals surface area (Å²) in [5.41, 5.74) is 3.28. The van der Waals surface area contributed by atoms with Crippen LogP contribution in [0.25, 0.3) is 5.65 Å². The average molecular weight is 397 g/mol. The van der Waals surface area contributed by atoms with Crippen molar-refractivity contribution in [1.29, 1.82) is 0 Å². The van der Waals surface area contributed by atoms with Crippen LogP contribution in [0, 0.1) is 0 Å². The summed E-state index contributed by atoms with van der Waals surface area (Å²) in [6.45, 7) is 4.20. The molecule has 0 unspecified atom stereocenters. The third-order valence-electron chi connectivity index (χ3n) is 4.90. The van der Waals surface area contributed by atoms with Gasteiger partial charge in [-0.25, -0.2) is 9.50 Å². The Bertz CT molecular complexity index is 1010. The summed E-state index contributed by atoms with van der Waals surface area (Å²) in [6.07, 6.45) is 5.58. The topological polar surface area (TPSA) is 101 Å². The molecule has 1 aromatic carbocycles. The molecule has 0 spiro atoms. The SMILES string of the molecule is CCc1cc(NC(=O)c2cnn3cccnc23)c(N2CCOCC2)cc1OCO. The van der Waals surface area contributed by atoms with E-state index in [9.17, 15) is 9.90 Å². The number of carbonyl (C=O) groups is 1. The zero-order valence-electron chi connectivity index (χ0n) is 16.2. The molecule has 1 amide bonds. The van der Waals surface area contributed by atoms with Crippen LogP contribution in [0.15, 0.2) is 36.8 Å². The largest absolute Gasteiger partial charge is 0.467 e. The first-order valence-electron chi connectivity index (χ1n) is 9.54. The highest BCUT2D eigenvalue weighted by atomic mass is 16.6. The van der Waals surface area contributed by atoms with E-state index < -0.39 is 6.79 Å². The lowest BCUT2D eigenvalue weighted by Crippen LogP contribution is -2.36. The second kappa shape index (κ2) is 8.46. The summed E-state index contributed by atoms with van der Waals surface area (Å²) in [7, 11) is 0. The maximum absolute atomic E-state index is 13.0. The number of aryl methyl sites for hydroxylation is 1. The number of benzene rings is 1. The number of hydrogen-bond donors (Lipinski definition) is 2. The van der Waals surface area contributed by atoms with Crippen molar-refractivity contribution < 1.29 is 19.4 Å². The van der Waals surface area contributed by atoms with Gasteiger partial charge in [-0.3, -0.25) is 4.79 Å². The van der Waals surface area contributed by atoms with Gasteiger partial charge < -0.3 is 24.8 Å². The van der Waals surface area contributed by atoms with E-state index in [1.807, 2.05) is 19.1 Å². The monoisotopic (exact) mass is 397 g/mol. The number of nitrogens with zero attached hydrogens (tertiary/aromatic N) is 4. The van der Waals surface area contributed by atoms with Crippen LogP contribution < -0.4 is 15.0 Å². The number of nitrogens with one attached hydrogen (secondary N) is 1. The van der Waals surface area contributed by atoms with Crippen molar-refractivity contribution in [3.8, 4) is 5.75 Å². The average Bonchev–Trinajstić information content (AvgIpc) is 3.19. The van der Waals surface area contributed by atoms with Crippen molar-refractivity contribution in [1.82, 2.24) is 14.6 Å². The van der Waals surface area contributed by atoms with E-state index >= 15 is 0 Å². The predicted molar refractivity (Wildman–Crippen MR) is 108 cm³/mol. The van der Waals surface area contributed by atoms with Crippen molar-refractivity contribution in [2.24, 2.45) is 0 Å². The van der Waals surface area contributed by atoms with Gasteiger partial charge in [-0.2, -0.15) is 5.10 Å². The number of aliphatic hydroxyl groups excluding tert-OH is 1. The lowest BCUT2D eigenvalue weighted by molar-refractivity contribution is 0.0973. The van der Waals surface area contributed by atoms with Gasteiger partial charge in [0.05, 0.1) is 30.8 Å². The Balaban J connectivity index is 1.71. The van der Waals surface area contributed by atoms with Crippen molar-refractivity contribution in [2.75, 3.05) is 43.3 Å². The number of carbonyl (C=O) groups excluding carboxylic acids is 1. The van der Waals surface area contributed by atoms with E-state index in [0.717, 1.165) is 11.3 Å². The molecule has 1 aliphatic heterocycles. The fourth-order valence-electron chi connectivity index (χ4n) is 3.44. The van der Waals surface area contributed by atoms with Crippen LogP contribution in [0.1, 0.15) is 22.8 Å². The molecule has 3 aromatic rings. The number of rotatable bonds is 6. The summed E-state index contributed by atoms with van der Waals surface area (Å²) in [6, 6.07) is 5.52. The van der Waals surface area contributed by atoms with E-state index in [2.05, 4.69) is 20.3 Å². The van der Waals surface area contributed by atoms with E-state index in [1.165, 1.54) is 6.20 Å². The minimum absolute atomic E-state index is 0.286. The van der Waals surface area contributed by atoms with E-state index in [4.69, 9.17) is 9.47 Å². The molecule has 9 nitrogen and oxygen atoms in total. The first kappa shape index (κ1) is 19.2. The summed E-state index contributed by atoms with van der Waals surface area (Å²) < 4.78 is 12.4. The Kier molecular flexibility index (Phi) is 5.59. The van der Waals surface area contributed by atoms with Crippen LogP contribution in [-0.4, -0.2) is 58.7 Å². The minimum Gasteiger partial charge on any atom is -0.467 e. The number of aromatic nitrogens is 3. The van der Waals surface area contributed by atoms with Gasteiger partial charge in [0, 0.05) is 31.5 Å². The molecule has 29 heavy (non-hydrogen) atoms. The first-order chi connectivity index (χ1) is 14.2. The first-order valence-corrected chi connectivity index (χ1v) is 9.54. The minimum atomic E-state index is -0.407. The molecule has 0 aliphatic carbocycles. The second-order valence-corrected chi connectivity index (χ2v) is 6.60. The molecule has 4 rings (SSSR count). The Morgan fingerprint density at radius 2 is 2.17 bits per heavy atom. The number of hydrogen-bond acceptors (Lipinski definition) is 7. The van der Waals surface area contributed by atoms with Crippen LogP contribution in [0.4, 0.5) is 11.4 Å². The number of morpholine rings is 1. The van der Waals surface area contributed by atoms with Crippen LogP contribution >= 0.6 is 0 Å². The van der Waals surface area contributed by atoms with Crippen molar-refractivity contribution in [3.63, 3.8) is 0 Å². The number of amides is 1. The molecular formula is C20H23N5O4. The van der Waals surface area contributed by atoms with Gasteiger partial charge in [0.2, 0.25) is 0 Å². The van der Waals surface area contributed by atoms with E-state index in [0.29, 0.717) is 55.4 Å². The van der Waals surface area contributed by atoms with Gasteiger partial charge >= 0.3 is 0 Å². The lowest BCUT2D eigenvalue weighted by Gasteiger charge is -2.31. The van der Waals surface area contributed by atoms with Crippen LogP contribution in [0.3, 0.4) is 0 Å². The summed E-state index contributed by atoms with van der Waals surface area (Å²) in [5, 5.41) is 16.4. The fraction of sp³-hybridized carbons (Fsp3) is 0.350. The highest BCUT2D eigenvalue weighted by Crippen LogP contribution is 2.35. The van der Waals surface area contributed by atoms with Gasteiger partial charge in [-0.05, 0) is 24.1 Å². The molecule has 1 saturated heterocycles. The lowest BCUT2D eigenvalue weighted by atomic mass is 10.1. The van der Waals surface area contributed by atoms with Crippen LogP contribution in [0.2, 0.25) is 0 Å². The second-order valence-electron chi connectivity index (χ2n) is 6.60. The molecule has 2 aromatic heterocycles. The van der Waals surface area contributed by atoms with E-state index in [-0.39, 0.29) is 5.91 Å². The van der Waals surface area contributed by atoms with Crippen molar-refractivity contribution >= 4 is 22.9 Å². The standard InChI is InChI=1S/C20H23N5O4/c1-2-14-10-16(17(11-18(14)29-13-26)24-6-8-28-9-7-24)23-20(27)15-12-22-25-5-3-4-21-19(15)25/h3-5,10-12,26H,2,6-9,13H2,1H3,(H,23,27). The van der Waals surface area contributed by atoms with Crippen LogP contribution in [-0.2, 0) is 11.2 Å². The Labute approximate surface area is 167 Å². The molecule has 1 aliphatic rings. The van der Waals surface area contributed by atoms with E-state index in [1.54, 1.807) is 23.0 Å². The van der Waals surface area contributed by atoms with Crippen molar-refractivity contribution in [2.45, 2.75) is 13.3 Å². The molecule has 0 radical (unpaired) electrons. The molecule has 0 bridgehead atoms. The molecule has 2 N–H and O–H groups in total. The summed E-state index contributed by atoms with van der Waals surface area (Å²) in [5.74, 6) is 0.318. The highest BCUT2D eigenvalue weighted by Gasteiger charge is 2.21. The maximum atomic E-state index is 13.0. The highest BCUT2D eigenvalue weighted by molar-refractivity contribution is 6.09. The molecule has 0 saturated carbocycles. The summed E-state index contributed by atoms with van der Waals surface area (Å²) in [4.78, 5) is 19.4. The van der Waals surface area contributed by atoms with Gasteiger partial charge in [-0.15, -0.1) is 0 Å². The fourth-order valence-corrected chi connectivity index (χ4v) is 3.44. The number of anilines is 2. The predicted octanol–water partition coefficient (Wildman–Crippen LogP) is 1.71. The molecule has 1 fully saturated rings. The molecular weight excluding hydrogens is 374 g/mol. The molecule has 0 atom stereocenters. The van der Waals surface area contributed by atoms with Crippen molar-refractivity contribution in [3.05, 3.63) is 47.9 Å². The normalized spacial score (nSPS) is 14.2. The Morgan fingerprint density at radius 1 is 1.34 bits per heavy atom. The summed E-state index contributed by atoms with van der Waals surface area (Å²) >= 11 is 0. The zero-order valence-corrected chi connectivity index (χ0v) is 16.2. The molecule has 3 heterocycles. The smallest absolute Gasteiger partial charge is 0.261 e. The Morgan fingerprint density at radius 3 is 2.93 bits per heavy atom. The quantitative estimate of drug-likeness (QED) is 0.611. The maximum Gasteiger partial charge on any atom is 0.261 e. The van der Waals surface area contributed by atoms with Gasteiger partial charge in [0.1, 0.15) is 11.3 Å². The Hall–Kier alpha value is -3.17. The third-order valence-corrected chi connectivity index (χ3v) is 4.90. The number of aliphatic hydroxyl groups is 1. The zero-order chi connectivity index (χ0) is 20.2. The number of fused-ring (bicyclic) bond motifs is 1.